The quantitative estimate of drug-likeness (QED) is 0.252. The first-order valence-corrected chi connectivity index (χ1v) is 11.4. The Morgan fingerprint density at radius 3 is 1.69 bits per heavy atom. The number of nitrogen functional groups attached to an aromatic ring is 2. The van der Waals surface area contributed by atoms with E-state index < -0.39 is 23.3 Å². The minimum Gasteiger partial charge on any atom is -0.450 e. The molecule has 0 bridgehead atoms. The van der Waals surface area contributed by atoms with Crippen molar-refractivity contribution < 1.29 is 27.0 Å². The molecular formula is C25H19BrF4N4O2. The van der Waals surface area contributed by atoms with E-state index >= 15 is 0 Å². The van der Waals surface area contributed by atoms with Crippen molar-refractivity contribution in [2.24, 2.45) is 0 Å². The lowest BCUT2D eigenvalue weighted by atomic mass is 10.2. The van der Waals surface area contributed by atoms with E-state index in [1.807, 2.05) is 0 Å². The average Bonchev–Trinajstić information content (AvgIpc) is 3.67. The summed E-state index contributed by atoms with van der Waals surface area (Å²) in [6.45, 7) is 0. The number of benzene rings is 2. The molecule has 0 saturated heterocycles. The van der Waals surface area contributed by atoms with Crippen LogP contribution < -0.4 is 20.9 Å². The fourth-order valence-electron chi connectivity index (χ4n) is 3.06. The lowest BCUT2D eigenvalue weighted by molar-refractivity contribution is 0.437. The molecule has 1 saturated carbocycles. The van der Waals surface area contributed by atoms with E-state index in [0.717, 1.165) is 42.7 Å². The van der Waals surface area contributed by atoms with Gasteiger partial charge < -0.3 is 20.9 Å². The van der Waals surface area contributed by atoms with Gasteiger partial charge in [-0.1, -0.05) is 0 Å². The number of hydrogen-bond donors (Lipinski definition) is 2. The molecule has 11 heteroatoms. The Labute approximate surface area is 212 Å². The summed E-state index contributed by atoms with van der Waals surface area (Å²) in [5.74, 6) is -1.77. The zero-order chi connectivity index (χ0) is 25.8. The summed E-state index contributed by atoms with van der Waals surface area (Å²) in [6.07, 6.45) is 5.44. The van der Waals surface area contributed by atoms with Crippen molar-refractivity contribution in [1.29, 1.82) is 0 Å². The van der Waals surface area contributed by atoms with Crippen LogP contribution in [-0.4, -0.2) is 9.97 Å². The topological polar surface area (TPSA) is 96.3 Å². The number of hydrogen-bond acceptors (Lipinski definition) is 6. The summed E-state index contributed by atoms with van der Waals surface area (Å²) in [5, 5.41) is 0. The van der Waals surface area contributed by atoms with Crippen molar-refractivity contribution >= 4 is 27.6 Å². The minimum absolute atomic E-state index is 0.0668. The minimum atomic E-state index is -0.802. The Bertz CT molecular complexity index is 1400. The zero-order valence-corrected chi connectivity index (χ0v) is 20.1. The zero-order valence-electron chi connectivity index (χ0n) is 18.5. The van der Waals surface area contributed by atoms with Crippen molar-refractivity contribution in [2.75, 3.05) is 11.5 Å². The summed E-state index contributed by atoms with van der Waals surface area (Å²) in [5.41, 5.74) is 12.3. The van der Waals surface area contributed by atoms with Gasteiger partial charge in [-0.05, 0) is 70.6 Å². The van der Waals surface area contributed by atoms with Crippen LogP contribution in [0, 0.1) is 23.3 Å². The standard InChI is InChI=1S/C14H12F2N2O.C11H7BrF2N2O/c15-10-3-4-12(11(16)6-10)19-13-5-9(8-1-2-8)7-18-14(13)17;12-6-3-10(11(15)16-5-6)17-9-2-1-7(13)4-8(9)14/h3-8H,1-2H2,(H2,17,18);1-5H,(H2,15,16). The van der Waals surface area contributed by atoms with E-state index in [1.165, 1.54) is 18.3 Å². The molecule has 2 heterocycles. The normalized spacial score (nSPS) is 12.5. The van der Waals surface area contributed by atoms with Crippen LogP contribution in [0.4, 0.5) is 29.2 Å². The molecule has 36 heavy (non-hydrogen) atoms. The number of nitrogens with zero attached hydrogens (tertiary/aromatic N) is 2. The van der Waals surface area contributed by atoms with Crippen LogP contribution in [0.15, 0.2) is 65.4 Å². The van der Waals surface area contributed by atoms with E-state index in [2.05, 4.69) is 25.9 Å². The lowest BCUT2D eigenvalue weighted by Crippen LogP contribution is -1.98. The summed E-state index contributed by atoms with van der Waals surface area (Å²) in [6, 6.07) is 9.46. The lowest BCUT2D eigenvalue weighted by Gasteiger charge is -2.10. The first-order valence-electron chi connectivity index (χ1n) is 10.6. The number of pyridine rings is 2. The van der Waals surface area contributed by atoms with Gasteiger partial charge in [-0.3, -0.25) is 0 Å². The third kappa shape index (κ3) is 6.42. The summed E-state index contributed by atoms with van der Waals surface area (Å²) < 4.78 is 63.6. The molecule has 5 rings (SSSR count). The monoisotopic (exact) mass is 562 g/mol. The van der Waals surface area contributed by atoms with Gasteiger partial charge in [-0.2, -0.15) is 0 Å². The highest BCUT2D eigenvalue weighted by molar-refractivity contribution is 9.10. The second-order valence-electron chi connectivity index (χ2n) is 7.82. The van der Waals surface area contributed by atoms with Crippen LogP contribution >= 0.6 is 15.9 Å². The number of anilines is 2. The molecule has 0 spiro atoms. The Balaban J connectivity index is 0.000000170. The molecule has 2 aromatic heterocycles. The van der Waals surface area contributed by atoms with Gasteiger partial charge in [-0.25, -0.2) is 27.5 Å². The Morgan fingerprint density at radius 2 is 1.19 bits per heavy atom. The molecule has 2 aromatic carbocycles. The van der Waals surface area contributed by atoms with Crippen molar-refractivity contribution in [3.8, 4) is 23.0 Å². The van der Waals surface area contributed by atoms with Gasteiger partial charge in [0.05, 0.1) is 0 Å². The molecule has 1 aliphatic carbocycles. The van der Waals surface area contributed by atoms with Crippen LogP contribution in [0.2, 0.25) is 0 Å². The summed E-state index contributed by atoms with van der Waals surface area (Å²) in [4.78, 5) is 7.87. The Hall–Kier alpha value is -3.86. The first-order chi connectivity index (χ1) is 17.2. The fourth-order valence-corrected chi connectivity index (χ4v) is 3.37. The van der Waals surface area contributed by atoms with Gasteiger partial charge in [0.2, 0.25) is 0 Å². The maximum absolute atomic E-state index is 13.5. The maximum Gasteiger partial charge on any atom is 0.170 e. The van der Waals surface area contributed by atoms with Gasteiger partial charge in [0.25, 0.3) is 0 Å². The SMILES string of the molecule is Nc1ncc(Br)cc1Oc1ccc(F)cc1F.Nc1ncc(C2CC2)cc1Oc1ccc(F)cc1F. The van der Waals surface area contributed by atoms with Crippen molar-refractivity contribution in [3.05, 3.63) is 94.2 Å². The second-order valence-corrected chi connectivity index (χ2v) is 8.73. The molecule has 186 valence electrons. The van der Waals surface area contributed by atoms with Crippen molar-refractivity contribution in [2.45, 2.75) is 18.8 Å². The average molecular weight is 563 g/mol. The fraction of sp³-hybridized carbons (Fsp3) is 0.120. The highest BCUT2D eigenvalue weighted by atomic mass is 79.9. The smallest absolute Gasteiger partial charge is 0.170 e. The van der Waals surface area contributed by atoms with Crippen LogP contribution in [0.5, 0.6) is 23.0 Å². The number of halogens is 5. The highest BCUT2D eigenvalue weighted by Crippen LogP contribution is 2.42. The molecule has 0 unspecified atom stereocenters. The van der Waals surface area contributed by atoms with Crippen molar-refractivity contribution in [1.82, 2.24) is 9.97 Å². The third-order valence-electron chi connectivity index (χ3n) is 5.03. The first kappa shape index (κ1) is 25.2. The summed E-state index contributed by atoms with van der Waals surface area (Å²) >= 11 is 3.19. The van der Waals surface area contributed by atoms with Crippen LogP contribution in [-0.2, 0) is 0 Å². The number of ether oxygens (including phenoxy) is 2. The Morgan fingerprint density at radius 1 is 0.694 bits per heavy atom. The molecular weight excluding hydrogens is 544 g/mol. The van der Waals surface area contributed by atoms with Crippen LogP contribution in [0.25, 0.3) is 0 Å². The second kappa shape index (κ2) is 10.8. The van der Waals surface area contributed by atoms with E-state index in [4.69, 9.17) is 20.9 Å². The number of rotatable bonds is 5. The van der Waals surface area contributed by atoms with Gasteiger partial charge in [0.15, 0.2) is 46.3 Å². The Kier molecular flexibility index (Phi) is 7.58. The van der Waals surface area contributed by atoms with E-state index in [9.17, 15) is 17.6 Å². The van der Waals surface area contributed by atoms with Gasteiger partial charge in [-0.15, -0.1) is 0 Å². The van der Waals surface area contributed by atoms with Crippen LogP contribution in [0.1, 0.15) is 24.3 Å². The highest BCUT2D eigenvalue weighted by Gasteiger charge is 2.25. The molecule has 4 aromatic rings. The molecule has 1 aliphatic rings. The van der Waals surface area contributed by atoms with Gasteiger partial charge in [0, 0.05) is 35.1 Å². The van der Waals surface area contributed by atoms with E-state index in [-0.39, 0.29) is 28.9 Å². The third-order valence-corrected chi connectivity index (χ3v) is 5.46. The predicted octanol–water partition coefficient (Wildman–Crippen LogP) is 7.11. The molecule has 0 radical (unpaired) electrons. The number of aromatic nitrogens is 2. The predicted molar refractivity (Wildman–Crippen MR) is 130 cm³/mol. The van der Waals surface area contributed by atoms with Gasteiger partial charge >= 0.3 is 0 Å². The maximum atomic E-state index is 13.5. The van der Waals surface area contributed by atoms with Gasteiger partial charge in [0.1, 0.15) is 11.6 Å². The number of nitrogens with two attached hydrogens (primary N) is 2. The van der Waals surface area contributed by atoms with E-state index in [1.54, 1.807) is 18.3 Å². The molecule has 0 atom stereocenters. The summed E-state index contributed by atoms with van der Waals surface area (Å²) in [7, 11) is 0. The van der Waals surface area contributed by atoms with Crippen LogP contribution in [0.3, 0.4) is 0 Å². The largest absolute Gasteiger partial charge is 0.450 e. The molecule has 1 fully saturated rings. The molecule has 4 N–H and O–H groups in total. The molecule has 6 nitrogen and oxygen atoms in total. The molecule has 0 amide bonds. The van der Waals surface area contributed by atoms with Crippen molar-refractivity contribution in [3.63, 3.8) is 0 Å². The van der Waals surface area contributed by atoms with E-state index in [0.29, 0.717) is 16.1 Å². The molecule has 0 aliphatic heterocycles.